The van der Waals surface area contributed by atoms with Gasteiger partial charge in [-0.05, 0) is 85.8 Å². The smallest absolute Gasteiger partial charge is 0.241 e. The average Bonchev–Trinajstić information content (AvgIpc) is 3.53. The summed E-state index contributed by atoms with van der Waals surface area (Å²) in [5, 5.41) is 10.3. The van der Waals surface area contributed by atoms with E-state index in [9.17, 15) is 33.5 Å². The lowest BCUT2D eigenvalue weighted by Crippen LogP contribution is -2.48. The number of nitrogens with zero attached hydrogens (tertiary/aromatic N) is 2. The maximum atomic E-state index is 14.7. The number of aromatic hydroxyl groups is 1. The molecule has 8 rings (SSSR count). The second-order valence-electron chi connectivity index (χ2n) is 14.1. The predicted octanol–water partition coefficient (Wildman–Crippen LogP) is 7.51. The van der Waals surface area contributed by atoms with Gasteiger partial charge in [0.2, 0.25) is 23.6 Å². The van der Waals surface area contributed by atoms with Gasteiger partial charge in [-0.1, -0.05) is 65.2 Å². The summed E-state index contributed by atoms with van der Waals surface area (Å²) in [5.41, 5.74) is 1.06. The van der Waals surface area contributed by atoms with Crippen molar-refractivity contribution in [2.45, 2.75) is 25.7 Å². The highest BCUT2D eigenvalue weighted by atomic mass is 35.5. The Balaban J connectivity index is 1.20. The third-order valence-corrected chi connectivity index (χ3v) is 12.0. The van der Waals surface area contributed by atoms with E-state index in [2.05, 4.69) is 0 Å². The van der Waals surface area contributed by atoms with Gasteiger partial charge in [-0.15, -0.1) is 0 Å². The molecule has 0 radical (unpaired) electrons. The Morgan fingerprint density at radius 1 is 0.830 bits per heavy atom. The average molecular weight is 754 g/mol. The fourth-order valence-electron chi connectivity index (χ4n) is 8.95. The molecule has 6 unspecified atom stereocenters. The highest BCUT2D eigenvalue weighted by molar-refractivity contribution is 6.32. The fourth-order valence-corrected chi connectivity index (χ4v) is 9.35. The van der Waals surface area contributed by atoms with Gasteiger partial charge in [0, 0.05) is 17.0 Å². The first kappa shape index (κ1) is 34.7. The van der Waals surface area contributed by atoms with Crippen LogP contribution in [0, 0.1) is 34.9 Å². The van der Waals surface area contributed by atoms with Crippen molar-refractivity contribution < 1.29 is 38.2 Å². The van der Waals surface area contributed by atoms with Crippen LogP contribution in [0.25, 0.3) is 0 Å². The molecule has 1 N–H and O–H groups in total. The molecule has 4 aromatic rings. The molecule has 2 saturated heterocycles. The van der Waals surface area contributed by atoms with E-state index >= 15 is 0 Å². The standard InChI is InChI=1S/C41H31Cl2FN2O7/c1-41-28(38(50)46(40(41)52)24-12-15-31(44)29(42)18-24)19-27-25(34(41)22-16-30(43)36(48)32(17-22)53-2)13-14-26-33(27)39(51)45(37(26)49)23-10-8-21(9-11-23)35(47)20-6-4-3-5-7-20/h3-13,15-18,26-28,33-34,48H,14,19H2,1-2H3. The first-order valence-corrected chi connectivity index (χ1v) is 17.8. The van der Waals surface area contributed by atoms with Gasteiger partial charge in [0.1, 0.15) is 5.82 Å². The van der Waals surface area contributed by atoms with E-state index in [0.29, 0.717) is 28.0 Å². The van der Waals surface area contributed by atoms with E-state index in [1.54, 1.807) is 61.5 Å². The Kier molecular flexibility index (Phi) is 8.31. The number of rotatable bonds is 6. The van der Waals surface area contributed by atoms with Crippen molar-refractivity contribution in [3.05, 3.63) is 129 Å². The molecule has 4 aromatic carbocycles. The molecule has 2 aliphatic heterocycles. The summed E-state index contributed by atoms with van der Waals surface area (Å²) in [4.78, 5) is 72.8. The largest absolute Gasteiger partial charge is 0.503 e. The molecule has 268 valence electrons. The molecular formula is C41H31Cl2FN2O7. The van der Waals surface area contributed by atoms with Crippen LogP contribution in [-0.2, 0) is 19.2 Å². The molecule has 2 aliphatic carbocycles. The first-order chi connectivity index (χ1) is 25.4. The molecule has 6 atom stereocenters. The van der Waals surface area contributed by atoms with Crippen molar-refractivity contribution in [2.75, 3.05) is 16.9 Å². The van der Waals surface area contributed by atoms with Gasteiger partial charge in [0.25, 0.3) is 0 Å². The van der Waals surface area contributed by atoms with Gasteiger partial charge in [0.15, 0.2) is 17.3 Å². The number of fused-ring (bicyclic) bond motifs is 4. The zero-order valence-electron chi connectivity index (χ0n) is 28.4. The highest BCUT2D eigenvalue weighted by Gasteiger charge is 2.67. The maximum Gasteiger partial charge on any atom is 0.241 e. The van der Waals surface area contributed by atoms with Crippen molar-refractivity contribution >= 4 is 64.0 Å². The van der Waals surface area contributed by atoms with Gasteiger partial charge < -0.3 is 9.84 Å². The van der Waals surface area contributed by atoms with Gasteiger partial charge >= 0.3 is 0 Å². The number of amides is 4. The molecule has 9 nitrogen and oxygen atoms in total. The third kappa shape index (κ3) is 5.14. The van der Waals surface area contributed by atoms with Crippen LogP contribution in [0.15, 0.2) is 96.6 Å². The minimum absolute atomic E-state index is 0.0395. The van der Waals surface area contributed by atoms with Gasteiger partial charge in [-0.25, -0.2) is 9.29 Å². The number of carbonyl (C=O) groups excluding carboxylic acids is 5. The number of carbonyl (C=O) groups is 5. The molecule has 53 heavy (non-hydrogen) atoms. The van der Waals surface area contributed by atoms with Crippen LogP contribution in [0.1, 0.15) is 47.2 Å². The number of anilines is 2. The van der Waals surface area contributed by atoms with E-state index in [1.165, 1.54) is 25.3 Å². The SMILES string of the molecule is COc1cc(C2C3=CCC4C(=O)N(c5ccc(C(=O)c6ccccc6)cc5)C(=O)C4C3CC3C(=O)N(c4ccc(F)c(Cl)c4)C(=O)C32C)cc(Cl)c1O. The van der Waals surface area contributed by atoms with Crippen molar-refractivity contribution in [1.29, 1.82) is 0 Å². The summed E-state index contributed by atoms with van der Waals surface area (Å²) in [7, 11) is 1.36. The fraction of sp³-hybridized carbons (Fsp3) is 0.244. The number of methoxy groups -OCH3 is 1. The second-order valence-corrected chi connectivity index (χ2v) is 14.9. The molecule has 0 spiro atoms. The Hall–Kier alpha value is -5.32. The van der Waals surface area contributed by atoms with Gasteiger partial charge in [0.05, 0.1) is 51.7 Å². The van der Waals surface area contributed by atoms with Crippen molar-refractivity contribution in [1.82, 2.24) is 0 Å². The summed E-state index contributed by atoms with van der Waals surface area (Å²) < 4.78 is 19.6. The molecule has 12 heteroatoms. The number of halogens is 3. The topological polar surface area (TPSA) is 121 Å². The van der Waals surface area contributed by atoms with Crippen LogP contribution in [-0.4, -0.2) is 41.6 Å². The van der Waals surface area contributed by atoms with E-state index in [4.69, 9.17) is 27.9 Å². The predicted molar refractivity (Wildman–Crippen MR) is 195 cm³/mol. The normalized spacial score (nSPS) is 26.3. The lowest BCUT2D eigenvalue weighted by molar-refractivity contribution is -0.131. The highest BCUT2D eigenvalue weighted by Crippen LogP contribution is 2.64. The van der Waals surface area contributed by atoms with Crippen molar-refractivity contribution in [3.8, 4) is 11.5 Å². The number of imide groups is 2. The first-order valence-electron chi connectivity index (χ1n) is 17.0. The van der Waals surface area contributed by atoms with Crippen molar-refractivity contribution in [3.63, 3.8) is 0 Å². The number of hydrogen-bond acceptors (Lipinski definition) is 7. The minimum atomic E-state index is -1.43. The number of phenolic OH excluding ortho intramolecular Hbond substituents is 1. The number of benzene rings is 4. The van der Waals surface area contributed by atoms with Crippen LogP contribution < -0.4 is 14.5 Å². The van der Waals surface area contributed by atoms with E-state index < -0.39 is 64.5 Å². The molecular weight excluding hydrogens is 722 g/mol. The summed E-state index contributed by atoms with van der Waals surface area (Å²) >= 11 is 12.6. The van der Waals surface area contributed by atoms with Gasteiger partial charge in [-0.3, -0.25) is 28.9 Å². The Morgan fingerprint density at radius 3 is 2.19 bits per heavy atom. The number of ketones is 1. The molecule has 3 fully saturated rings. The molecule has 4 aliphatic rings. The quantitative estimate of drug-likeness (QED) is 0.123. The minimum Gasteiger partial charge on any atom is -0.503 e. The summed E-state index contributed by atoms with van der Waals surface area (Å²) in [6.07, 6.45) is 2.16. The Bertz CT molecular complexity index is 2300. The summed E-state index contributed by atoms with van der Waals surface area (Å²) in [6.45, 7) is 1.69. The Morgan fingerprint density at radius 2 is 1.51 bits per heavy atom. The maximum absolute atomic E-state index is 14.7. The Labute approximate surface area is 313 Å². The van der Waals surface area contributed by atoms with E-state index in [1.807, 2.05) is 12.1 Å². The zero-order valence-corrected chi connectivity index (χ0v) is 29.9. The molecule has 4 amide bonds. The number of hydrogen-bond donors (Lipinski definition) is 1. The second kappa shape index (κ2) is 12.7. The monoisotopic (exact) mass is 752 g/mol. The van der Waals surface area contributed by atoms with Crippen molar-refractivity contribution in [2.24, 2.45) is 29.1 Å². The summed E-state index contributed by atoms with van der Waals surface area (Å²) in [5.74, 6) is -7.13. The number of phenols is 1. The van der Waals surface area contributed by atoms with E-state index in [0.717, 1.165) is 15.9 Å². The number of ether oxygens (including phenoxy) is 1. The third-order valence-electron chi connectivity index (χ3n) is 11.5. The van der Waals surface area contributed by atoms with Crippen LogP contribution in [0.2, 0.25) is 10.0 Å². The molecule has 0 bridgehead atoms. The lowest BCUT2D eigenvalue weighted by Gasteiger charge is -2.49. The number of allylic oxidation sites excluding steroid dienone is 2. The molecule has 1 saturated carbocycles. The van der Waals surface area contributed by atoms with Crippen LogP contribution >= 0.6 is 23.2 Å². The lowest BCUT2D eigenvalue weighted by atomic mass is 9.51. The van der Waals surface area contributed by atoms with Gasteiger partial charge in [-0.2, -0.15) is 0 Å². The van der Waals surface area contributed by atoms with Crippen LogP contribution in [0.5, 0.6) is 11.5 Å². The molecule has 2 heterocycles. The zero-order chi connectivity index (χ0) is 37.5. The van der Waals surface area contributed by atoms with Crippen LogP contribution in [0.3, 0.4) is 0 Å². The molecule has 0 aromatic heterocycles. The van der Waals surface area contributed by atoms with Crippen LogP contribution in [0.4, 0.5) is 15.8 Å². The summed E-state index contributed by atoms with van der Waals surface area (Å²) in [6, 6.07) is 21.8. The van der Waals surface area contributed by atoms with E-state index in [-0.39, 0.29) is 45.9 Å².